The smallest absolute Gasteiger partial charge is 0.363 e. The van der Waals surface area contributed by atoms with Crippen LogP contribution in [0.1, 0.15) is 18.5 Å². The summed E-state index contributed by atoms with van der Waals surface area (Å²) in [7, 11) is -2.49. The number of H-pyrrole nitrogens is 1. The maximum atomic E-state index is 12.7. The van der Waals surface area contributed by atoms with Gasteiger partial charge in [0.05, 0.1) is 4.90 Å². The molecular formula is C10H14F3N3O2S. The van der Waals surface area contributed by atoms with Crippen LogP contribution in [0.2, 0.25) is 0 Å². The number of nitrogens with one attached hydrogen (secondary N) is 3. The van der Waals surface area contributed by atoms with Crippen LogP contribution in [0, 0.1) is 0 Å². The number of halogens is 3. The average Bonchev–Trinajstić information content (AvgIpc) is 2.89. The standard InChI is InChI=1S/C10H14F3N3O2S/c1-14-5-7-4-8(6-15-7)19(17,18)16-9(2-3-9)10(11,12)13/h4,6,14-16H,2-3,5H2,1H3. The second-order valence-electron chi connectivity index (χ2n) is 4.58. The van der Waals surface area contributed by atoms with E-state index in [-0.39, 0.29) is 17.7 Å². The van der Waals surface area contributed by atoms with Crippen LogP contribution in [0.15, 0.2) is 17.2 Å². The van der Waals surface area contributed by atoms with E-state index in [1.807, 2.05) is 0 Å². The fourth-order valence-electron chi connectivity index (χ4n) is 1.75. The van der Waals surface area contributed by atoms with E-state index in [9.17, 15) is 21.6 Å². The van der Waals surface area contributed by atoms with Gasteiger partial charge >= 0.3 is 6.18 Å². The Morgan fingerprint density at radius 1 is 1.42 bits per heavy atom. The first kappa shape index (κ1) is 14.4. The van der Waals surface area contributed by atoms with Gasteiger partial charge in [-0.25, -0.2) is 8.42 Å². The van der Waals surface area contributed by atoms with Gasteiger partial charge in [0.15, 0.2) is 0 Å². The third-order valence-corrected chi connectivity index (χ3v) is 4.53. The molecule has 19 heavy (non-hydrogen) atoms. The summed E-state index contributed by atoms with van der Waals surface area (Å²) >= 11 is 0. The summed E-state index contributed by atoms with van der Waals surface area (Å²) in [6.45, 7) is 0.403. The second-order valence-corrected chi connectivity index (χ2v) is 6.26. The molecule has 1 fully saturated rings. The van der Waals surface area contributed by atoms with E-state index in [4.69, 9.17) is 0 Å². The molecule has 9 heteroatoms. The molecule has 1 aliphatic carbocycles. The van der Waals surface area contributed by atoms with Gasteiger partial charge in [-0.3, -0.25) is 0 Å². The van der Waals surface area contributed by atoms with Crippen molar-refractivity contribution in [2.45, 2.75) is 36.0 Å². The Bertz CT molecular complexity index is 561. The Morgan fingerprint density at radius 3 is 2.53 bits per heavy atom. The summed E-state index contributed by atoms with van der Waals surface area (Å²) in [5, 5.41) is 2.81. The number of hydrogen-bond acceptors (Lipinski definition) is 3. The molecule has 0 atom stereocenters. The molecule has 0 aliphatic heterocycles. The van der Waals surface area contributed by atoms with Crippen LogP contribution >= 0.6 is 0 Å². The van der Waals surface area contributed by atoms with Crippen LogP contribution < -0.4 is 10.0 Å². The highest BCUT2D eigenvalue weighted by Crippen LogP contribution is 2.49. The highest BCUT2D eigenvalue weighted by atomic mass is 32.2. The molecule has 0 radical (unpaired) electrons. The molecule has 1 saturated carbocycles. The minimum atomic E-state index is -4.57. The molecule has 108 valence electrons. The molecule has 3 N–H and O–H groups in total. The SMILES string of the molecule is CNCc1cc(S(=O)(=O)NC2(C(F)(F)F)CC2)c[nH]1. The molecule has 5 nitrogen and oxygen atoms in total. The first-order chi connectivity index (χ1) is 8.70. The fraction of sp³-hybridized carbons (Fsp3) is 0.600. The fourth-order valence-corrected chi connectivity index (χ4v) is 3.21. The molecular weight excluding hydrogens is 283 g/mol. The monoisotopic (exact) mass is 297 g/mol. The molecule has 1 aromatic rings. The summed E-state index contributed by atoms with van der Waals surface area (Å²) in [6, 6.07) is 1.31. The predicted octanol–water partition coefficient (Wildman–Crippen LogP) is 1.11. The van der Waals surface area contributed by atoms with E-state index in [2.05, 4.69) is 10.3 Å². The Kier molecular flexibility index (Phi) is 3.40. The van der Waals surface area contributed by atoms with E-state index < -0.39 is 21.7 Å². The highest BCUT2D eigenvalue weighted by Gasteiger charge is 2.65. The molecule has 0 aromatic carbocycles. The normalized spacial score (nSPS) is 18.5. The van der Waals surface area contributed by atoms with E-state index in [0.717, 1.165) is 0 Å². The van der Waals surface area contributed by atoms with Crippen molar-refractivity contribution in [1.82, 2.24) is 15.0 Å². The van der Waals surface area contributed by atoms with Crippen molar-refractivity contribution in [3.05, 3.63) is 18.0 Å². The maximum Gasteiger partial charge on any atom is 0.407 e. The topological polar surface area (TPSA) is 74.0 Å². The van der Waals surface area contributed by atoms with Crippen LogP contribution in [0.5, 0.6) is 0 Å². The third-order valence-electron chi connectivity index (χ3n) is 3.02. The molecule has 0 spiro atoms. The zero-order valence-electron chi connectivity index (χ0n) is 10.1. The second kappa shape index (κ2) is 4.50. The van der Waals surface area contributed by atoms with Gasteiger partial charge in [0.2, 0.25) is 10.0 Å². The Labute approximate surface area is 108 Å². The number of sulfonamides is 1. The van der Waals surface area contributed by atoms with E-state index in [1.165, 1.54) is 12.3 Å². The summed E-state index contributed by atoms with van der Waals surface area (Å²) in [4.78, 5) is 2.51. The van der Waals surface area contributed by atoms with E-state index in [0.29, 0.717) is 12.2 Å². The van der Waals surface area contributed by atoms with Gasteiger partial charge in [-0.2, -0.15) is 17.9 Å². The van der Waals surface area contributed by atoms with Crippen LogP contribution in [0.25, 0.3) is 0 Å². The molecule has 1 aromatic heterocycles. The van der Waals surface area contributed by atoms with Crippen LogP contribution in [-0.4, -0.2) is 32.2 Å². The number of hydrogen-bond donors (Lipinski definition) is 3. The number of rotatable bonds is 5. The van der Waals surface area contributed by atoms with E-state index in [1.54, 1.807) is 11.8 Å². The van der Waals surface area contributed by atoms with Crippen molar-refractivity contribution >= 4 is 10.0 Å². The van der Waals surface area contributed by atoms with Gasteiger partial charge in [0, 0.05) is 18.4 Å². The van der Waals surface area contributed by atoms with Gasteiger partial charge in [0.25, 0.3) is 0 Å². The van der Waals surface area contributed by atoms with Gasteiger partial charge < -0.3 is 10.3 Å². The quantitative estimate of drug-likeness (QED) is 0.762. The average molecular weight is 297 g/mol. The van der Waals surface area contributed by atoms with E-state index >= 15 is 0 Å². The Balaban J connectivity index is 2.19. The third kappa shape index (κ3) is 2.77. The minimum Gasteiger partial charge on any atom is -0.363 e. The van der Waals surface area contributed by atoms with Crippen molar-refractivity contribution in [3.63, 3.8) is 0 Å². The van der Waals surface area contributed by atoms with Crippen LogP contribution in [-0.2, 0) is 16.6 Å². The molecule has 0 amide bonds. The lowest BCUT2D eigenvalue weighted by atomic mass is 10.3. The number of aromatic amines is 1. The molecule has 1 heterocycles. The van der Waals surface area contributed by atoms with Crippen molar-refractivity contribution in [2.24, 2.45) is 0 Å². The molecule has 0 unspecified atom stereocenters. The van der Waals surface area contributed by atoms with Gasteiger partial charge in [-0.15, -0.1) is 0 Å². The zero-order chi connectivity index (χ0) is 14.3. The predicted molar refractivity (Wildman–Crippen MR) is 61.9 cm³/mol. The first-order valence-corrected chi connectivity index (χ1v) is 7.11. The number of aromatic nitrogens is 1. The lowest BCUT2D eigenvalue weighted by Gasteiger charge is -2.20. The Morgan fingerprint density at radius 2 is 2.05 bits per heavy atom. The van der Waals surface area contributed by atoms with Crippen molar-refractivity contribution in [1.29, 1.82) is 0 Å². The first-order valence-electron chi connectivity index (χ1n) is 5.63. The van der Waals surface area contributed by atoms with Crippen LogP contribution in [0.4, 0.5) is 13.2 Å². The van der Waals surface area contributed by atoms with Crippen molar-refractivity contribution < 1.29 is 21.6 Å². The van der Waals surface area contributed by atoms with Crippen LogP contribution in [0.3, 0.4) is 0 Å². The minimum absolute atomic E-state index is 0.187. The summed E-state index contributed by atoms with van der Waals surface area (Å²) in [6.07, 6.45) is -3.82. The van der Waals surface area contributed by atoms with Gasteiger partial charge in [-0.05, 0) is 26.0 Å². The van der Waals surface area contributed by atoms with Gasteiger partial charge in [-0.1, -0.05) is 0 Å². The number of alkyl halides is 3. The summed E-state index contributed by atoms with van der Waals surface area (Å²) < 4.78 is 63.7. The zero-order valence-corrected chi connectivity index (χ0v) is 11.0. The van der Waals surface area contributed by atoms with Crippen molar-refractivity contribution in [3.8, 4) is 0 Å². The molecule has 0 bridgehead atoms. The lowest BCUT2D eigenvalue weighted by Crippen LogP contribution is -2.47. The summed E-state index contributed by atoms with van der Waals surface area (Å²) in [5.74, 6) is 0. The van der Waals surface area contributed by atoms with Crippen molar-refractivity contribution in [2.75, 3.05) is 7.05 Å². The Hall–Kier alpha value is -1.06. The highest BCUT2D eigenvalue weighted by molar-refractivity contribution is 7.89. The lowest BCUT2D eigenvalue weighted by molar-refractivity contribution is -0.160. The largest absolute Gasteiger partial charge is 0.407 e. The molecule has 0 saturated heterocycles. The maximum absolute atomic E-state index is 12.7. The molecule has 2 rings (SSSR count). The van der Waals surface area contributed by atoms with Gasteiger partial charge in [0.1, 0.15) is 5.54 Å². The molecule has 1 aliphatic rings. The summed E-state index contributed by atoms with van der Waals surface area (Å²) in [5.41, 5.74) is -1.70.